The molecule has 0 bridgehead atoms. The van der Waals surface area contributed by atoms with Crippen LogP contribution < -0.4 is 10.2 Å². The lowest BCUT2D eigenvalue weighted by atomic mass is 10.1. The number of amides is 2. The van der Waals surface area contributed by atoms with Crippen molar-refractivity contribution in [2.75, 3.05) is 10.2 Å². The largest absolute Gasteiger partial charge is 0.331 e. The van der Waals surface area contributed by atoms with Crippen LogP contribution >= 0.6 is 23.6 Å². The van der Waals surface area contributed by atoms with E-state index in [1.807, 2.05) is 47.8 Å². The highest BCUT2D eigenvalue weighted by atomic mass is 32.1. The smallest absolute Gasteiger partial charge is 0.256 e. The summed E-state index contributed by atoms with van der Waals surface area (Å²) in [5, 5.41) is 5.06. The van der Waals surface area contributed by atoms with Crippen LogP contribution in [0, 0.1) is 5.82 Å². The molecule has 1 aliphatic rings. The molecule has 1 atom stereocenters. The zero-order valence-corrected chi connectivity index (χ0v) is 17.5. The number of nitrogens with zero attached hydrogens (tertiary/aromatic N) is 2. The molecule has 2 heterocycles. The minimum atomic E-state index is -0.722. The quantitative estimate of drug-likeness (QED) is 0.578. The molecule has 1 N–H and O–H groups in total. The second-order valence-electron chi connectivity index (χ2n) is 6.77. The van der Waals surface area contributed by atoms with Crippen LogP contribution in [0.25, 0.3) is 0 Å². The molecule has 8 heteroatoms. The predicted octanol–water partition coefficient (Wildman–Crippen LogP) is 4.42. The third-order valence-electron chi connectivity index (χ3n) is 4.75. The first-order valence-electron chi connectivity index (χ1n) is 9.30. The molecule has 1 fully saturated rings. The molecule has 152 valence electrons. The molecular weight excluding hydrogens is 421 g/mol. The van der Waals surface area contributed by atoms with Gasteiger partial charge in [0.2, 0.25) is 5.91 Å². The van der Waals surface area contributed by atoms with Crippen molar-refractivity contribution in [3.8, 4) is 0 Å². The molecular formula is C22H18FN3O2S2. The van der Waals surface area contributed by atoms with Gasteiger partial charge in [-0.25, -0.2) is 4.39 Å². The maximum absolute atomic E-state index is 13.3. The molecule has 0 radical (unpaired) electrons. The molecule has 1 saturated heterocycles. The van der Waals surface area contributed by atoms with Crippen LogP contribution in [0.3, 0.4) is 0 Å². The number of anilines is 2. The Bertz CT molecular complexity index is 1060. The highest BCUT2D eigenvalue weighted by Crippen LogP contribution is 2.29. The molecule has 0 spiro atoms. The van der Waals surface area contributed by atoms with Crippen molar-refractivity contribution < 1.29 is 14.0 Å². The fourth-order valence-electron chi connectivity index (χ4n) is 3.32. The minimum absolute atomic E-state index is 0.0644. The molecule has 2 amide bonds. The van der Waals surface area contributed by atoms with Crippen LogP contribution in [0.1, 0.15) is 11.3 Å². The summed E-state index contributed by atoms with van der Waals surface area (Å²) < 4.78 is 13.1. The van der Waals surface area contributed by atoms with E-state index in [0.717, 1.165) is 4.88 Å². The molecule has 0 saturated carbocycles. The maximum Gasteiger partial charge on any atom is 0.256 e. The van der Waals surface area contributed by atoms with E-state index in [-0.39, 0.29) is 24.1 Å². The van der Waals surface area contributed by atoms with Crippen LogP contribution in [0.5, 0.6) is 0 Å². The highest BCUT2D eigenvalue weighted by Gasteiger charge is 2.44. The second-order valence-corrected chi connectivity index (χ2v) is 8.17. The lowest BCUT2D eigenvalue weighted by molar-refractivity contribution is -0.124. The van der Waals surface area contributed by atoms with Crippen molar-refractivity contribution in [3.63, 3.8) is 0 Å². The Morgan fingerprint density at radius 2 is 1.80 bits per heavy atom. The van der Waals surface area contributed by atoms with Crippen LogP contribution in [0.4, 0.5) is 15.8 Å². The number of rotatable bonds is 6. The Kier molecular flexibility index (Phi) is 5.87. The SMILES string of the molecule is O=C(CC1C(=O)N(c2ccccc2)C(=S)N1Cc1cccs1)Nc1ccc(F)cc1. The number of carbonyl (C=O) groups is 2. The highest BCUT2D eigenvalue weighted by molar-refractivity contribution is 7.80. The number of hydrogen-bond donors (Lipinski definition) is 1. The van der Waals surface area contributed by atoms with Gasteiger partial charge in [-0.05, 0) is 60.1 Å². The van der Waals surface area contributed by atoms with E-state index >= 15 is 0 Å². The Balaban J connectivity index is 1.57. The van der Waals surface area contributed by atoms with E-state index in [9.17, 15) is 14.0 Å². The zero-order valence-electron chi connectivity index (χ0n) is 15.8. The van der Waals surface area contributed by atoms with Gasteiger partial charge in [0.15, 0.2) is 5.11 Å². The van der Waals surface area contributed by atoms with Gasteiger partial charge in [-0.3, -0.25) is 14.5 Å². The average molecular weight is 440 g/mol. The zero-order chi connectivity index (χ0) is 21.1. The molecule has 5 nitrogen and oxygen atoms in total. The molecule has 30 heavy (non-hydrogen) atoms. The first-order chi connectivity index (χ1) is 14.5. The van der Waals surface area contributed by atoms with E-state index in [4.69, 9.17) is 12.2 Å². The number of thiocarbonyl (C=S) groups is 1. The third-order valence-corrected chi connectivity index (χ3v) is 6.02. The van der Waals surface area contributed by atoms with Gasteiger partial charge >= 0.3 is 0 Å². The van der Waals surface area contributed by atoms with Crippen molar-refractivity contribution in [3.05, 3.63) is 82.8 Å². The van der Waals surface area contributed by atoms with Gasteiger partial charge in [-0.1, -0.05) is 24.3 Å². The Morgan fingerprint density at radius 1 is 1.07 bits per heavy atom. The summed E-state index contributed by atoms with van der Waals surface area (Å²) in [4.78, 5) is 30.2. The first-order valence-corrected chi connectivity index (χ1v) is 10.6. The van der Waals surface area contributed by atoms with E-state index in [1.54, 1.807) is 16.2 Å². The van der Waals surface area contributed by atoms with E-state index in [2.05, 4.69) is 5.32 Å². The van der Waals surface area contributed by atoms with Crippen molar-refractivity contribution in [1.29, 1.82) is 0 Å². The van der Waals surface area contributed by atoms with Crippen LogP contribution in [0.15, 0.2) is 72.1 Å². The molecule has 1 unspecified atom stereocenters. The lowest BCUT2D eigenvalue weighted by Gasteiger charge is -2.23. The number of thiophene rings is 1. The monoisotopic (exact) mass is 439 g/mol. The number of benzene rings is 2. The van der Waals surface area contributed by atoms with E-state index in [1.165, 1.54) is 29.2 Å². The van der Waals surface area contributed by atoms with Gasteiger partial charge in [0.05, 0.1) is 18.7 Å². The second kappa shape index (κ2) is 8.73. The lowest BCUT2D eigenvalue weighted by Crippen LogP contribution is -2.37. The molecule has 3 aromatic rings. The Hall–Kier alpha value is -3.10. The number of halogens is 1. The fourth-order valence-corrected chi connectivity index (χ4v) is 4.41. The molecule has 0 aliphatic carbocycles. The summed E-state index contributed by atoms with van der Waals surface area (Å²) in [7, 11) is 0. The standard InChI is InChI=1S/C22H18FN3O2S2/c23-15-8-10-16(11-9-15)24-20(27)13-19-21(28)26(17-5-2-1-3-6-17)22(29)25(19)14-18-7-4-12-30-18/h1-12,19H,13-14H2,(H,24,27). The van der Waals surface area contributed by atoms with Crippen molar-refractivity contribution in [2.45, 2.75) is 19.0 Å². The molecule has 1 aromatic heterocycles. The summed E-state index contributed by atoms with van der Waals surface area (Å²) in [6.07, 6.45) is -0.0644. The summed E-state index contributed by atoms with van der Waals surface area (Å²) in [6.45, 7) is 0.445. The van der Waals surface area contributed by atoms with Gasteiger partial charge in [0.1, 0.15) is 11.9 Å². The van der Waals surface area contributed by atoms with Gasteiger partial charge in [0.25, 0.3) is 5.91 Å². The van der Waals surface area contributed by atoms with Crippen molar-refractivity contribution >= 4 is 51.9 Å². The number of nitrogens with one attached hydrogen (secondary N) is 1. The van der Waals surface area contributed by atoms with Gasteiger partial charge in [0, 0.05) is 10.6 Å². The van der Waals surface area contributed by atoms with E-state index in [0.29, 0.717) is 23.0 Å². The molecule has 1 aliphatic heterocycles. The van der Waals surface area contributed by atoms with Crippen LogP contribution in [-0.4, -0.2) is 27.9 Å². The number of carbonyl (C=O) groups excluding carboxylic acids is 2. The number of para-hydroxylation sites is 1. The first kappa shape index (κ1) is 20.2. The molecule has 4 rings (SSSR count). The minimum Gasteiger partial charge on any atom is -0.331 e. The van der Waals surface area contributed by atoms with Gasteiger partial charge in [-0.2, -0.15) is 0 Å². The molecule has 2 aromatic carbocycles. The Morgan fingerprint density at radius 3 is 2.47 bits per heavy atom. The van der Waals surface area contributed by atoms with Crippen LogP contribution in [0.2, 0.25) is 0 Å². The Labute approximate surface area is 182 Å². The number of hydrogen-bond acceptors (Lipinski definition) is 4. The summed E-state index contributed by atoms with van der Waals surface area (Å²) >= 11 is 7.20. The van der Waals surface area contributed by atoms with Crippen molar-refractivity contribution in [1.82, 2.24) is 4.90 Å². The van der Waals surface area contributed by atoms with Gasteiger partial charge < -0.3 is 10.2 Å². The fraction of sp³-hybridized carbons (Fsp3) is 0.136. The van der Waals surface area contributed by atoms with Gasteiger partial charge in [-0.15, -0.1) is 11.3 Å². The topological polar surface area (TPSA) is 52.7 Å². The average Bonchev–Trinajstić information content (AvgIpc) is 3.33. The summed E-state index contributed by atoms with van der Waals surface area (Å²) in [6, 6.07) is 17.9. The maximum atomic E-state index is 13.3. The van der Waals surface area contributed by atoms with E-state index < -0.39 is 6.04 Å². The van der Waals surface area contributed by atoms with Crippen molar-refractivity contribution in [2.24, 2.45) is 0 Å². The third kappa shape index (κ3) is 4.24. The normalized spacial score (nSPS) is 16.2. The summed E-state index contributed by atoms with van der Waals surface area (Å²) in [5.41, 5.74) is 1.14. The predicted molar refractivity (Wildman–Crippen MR) is 120 cm³/mol. The van der Waals surface area contributed by atoms with Crippen LogP contribution in [-0.2, 0) is 16.1 Å². The summed E-state index contributed by atoms with van der Waals surface area (Å²) in [5.74, 6) is -0.962.